The number of benzene rings is 1. The van der Waals surface area contributed by atoms with E-state index in [1.54, 1.807) is 0 Å². The smallest absolute Gasteiger partial charge is 0.242 e. The monoisotopic (exact) mass is 318 g/mol. The fraction of sp³-hybridized carbons (Fsp3) is 0.250. The van der Waals surface area contributed by atoms with Crippen LogP contribution in [0.1, 0.15) is 0 Å². The van der Waals surface area contributed by atoms with Gasteiger partial charge < -0.3 is 10.8 Å². The molecule has 0 aliphatic rings. The first kappa shape index (κ1) is 14.8. The topological polar surface area (TPSA) is 92.4 Å². The molecule has 0 aromatic heterocycles. The Labute approximate surface area is 114 Å². The molecule has 0 aliphatic carbocycles. The van der Waals surface area contributed by atoms with E-state index < -0.39 is 20.0 Å². The predicted octanol–water partition coefficient (Wildman–Crippen LogP) is 1.24. The zero-order valence-corrected chi connectivity index (χ0v) is 11.4. The first-order valence-corrected chi connectivity index (χ1v) is 6.87. The number of hydrogen-bond donors (Lipinski definition) is 3. The van der Waals surface area contributed by atoms with Crippen LogP contribution in [0.3, 0.4) is 0 Å². The maximum absolute atomic E-state index is 11.7. The maximum atomic E-state index is 11.7. The average Bonchev–Trinajstić information content (AvgIpc) is 2.16. The van der Waals surface area contributed by atoms with Crippen LogP contribution in [0.4, 0.5) is 5.69 Å². The molecule has 1 aromatic rings. The molecular weight excluding hydrogens is 311 g/mol. The molecule has 1 unspecified atom stereocenters. The van der Waals surface area contributed by atoms with E-state index in [1.165, 1.54) is 24.3 Å². The Morgan fingerprint density at radius 2 is 1.71 bits per heavy atom. The van der Waals surface area contributed by atoms with E-state index in [1.807, 2.05) is 4.72 Å². The van der Waals surface area contributed by atoms with Crippen LogP contribution >= 0.6 is 34.8 Å². The molecule has 0 amide bonds. The van der Waals surface area contributed by atoms with Crippen molar-refractivity contribution in [3.63, 3.8) is 0 Å². The number of sulfonamides is 1. The highest BCUT2D eigenvalue weighted by Gasteiger charge is 2.34. The van der Waals surface area contributed by atoms with Gasteiger partial charge in [0.1, 0.15) is 0 Å². The van der Waals surface area contributed by atoms with Gasteiger partial charge in [-0.1, -0.05) is 34.8 Å². The lowest BCUT2D eigenvalue weighted by Crippen LogP contribution is -2.43. The molecule has 96 valence electrons. The highest BCUT2D eigenvalue weighted by molar-refractivity contribution is 7.89. The van der Waals surface area contributed by atoms with Gasteiger partial charge in [-0.25, -0.2) is 8.42 Å². The normalized spacial score (nSPS) is 14.6. The number of nitrogens with two attached hydrogens (primary N) is 1. The number of aliphatic hydroxyl groups excluding tert-OH is 1. The van der Waals surface area contributed by atoms with Crippen molar-refractivity contribution >= 4 is 50.5 Å². The van der Waals surface area contributed by atoms with Gasteiger partial charge in [0.15, 0.2) is 6.23 Å². The average molecular weight is 320 g/mol. The van der Waals surface area contributed by atoms with Gasteiger partial charge in [-0.3, -0.25) is 0 Å². The van der Waals surface area contributed by atoms with Crippen molar-refractivity contribution < 1.29 is 13.5 Å². The molecule has 4 N–H and O–H groups in total. The van der Waals surface area contributed by atoms with Crippen molar-refractivity contribution in [3.05, 3.63) is 24.3 Å². The van der Waals surface area contributed by atoms with Crippen LogP contribution in [0.25, 0.3) is 0 Å². The summed E-state index contributed by atoms with van der Waals surface area (Å²) < 4.78 is 23.1. The van der Waals surface area contributed by atoms with Crippen molar-refractivity contribution in [2.75, 3.05) is 5.73 Å². The molecule has 0 radical (unpaired) electrons. The lowest BCUT2D eigenvalue weighted by atomic mass is 10.3. The first-order valence-electron chi connectivity index (χ1n) is 4.25. The third-order valence-corrected chi connectivity index (χ3v) is 3.81. The summed E-state index contributed by atoms with van der Waals surface area (Å²) >= 11 is 16.0. The minimum absolute atomic E-state index is 0.0972. The van der Waals surface area contributed by atoms with Gasteiger partial charge in [-0.05, 0) is 24.3 Å². The standard InChI is InChI=1S/C8H9Cl3N2O3S/c9-8(10,11)7(14)13-17(15,16)6-3-1-5(12)2-4-6/h1-4,7,13-14H,12H2. The number of rotatable bonds is 3. The first-order chi connectivity index (χ1) is 7.63. The van der Waals surface area contributed by atoms with Crippen LogP contribution in [-0.2, 0) is 10.0 Å². The van der Waals surface area contributed by atoms with Crippen LogP contribution in [0.2, 0.25) is 0 Å². The largest absolute Gasteiger partial charge is 0.399 e. The van der Waals surface area contributed by atoms with Gasteiger partial charge in [0.2, 0.25) is 13.8 Å². The number of nitrogens with one attached hydrogen (secondary N) is 1. The molecule has 0 aliphatic heterocycles. The summed E-state index contributed by atoms with van der Waals surface area (Å²) in [6, 6.07) is 5.33. The van der Waals surface area contributed by atoms with Crippen LogP contribution in [0, 0.1) is 0 Å². The maximum Gasteiger partial charge on any atom is 0.242 e. The van der Waals surface area contributed by atoms with E-state index in [0.29, 0.717) is 5.69 Å². The second-order valence-corrected chi connectivity index (χ2v) is 7.22. The Morgan fingerprint density at radius 3 is 2.12 bits per heavy atom. The third kappa shape index (κ3) is 4.17. The van der Waals surface area contributed by atoms with Crippen LogP contribution < -0.4 is 10.5 Å². The van der Waals surface area contributed by atoms with Gasteiger partial charge >= 0.3 is 0 Å². The molecule has 0 saturated carbocycles. The lowest BCUT2D eigenvalue weighted by molar-refractivity contribution is 0.167. The number of anilines is 1. The summed E-state index contributed by atoms with van der Waals surface area (Å²) in [5.74, 6) is 0. The summed E-state index contributed by atoms with van der Waals surface area (Å²) in [4.78, 5) is -0.0972. The SMILES string of the molecule is Nc1ccc(S(=O)(=O)NC(O)C(Cl)(Cl)Cl)cc1. The fourth-order valence-corrected chi connectivity index (χ4v) is 2.39. The van der Waals surface area contributed by atoms with E-state index in [0.717, 1.165) is 0 Å². The van der Waals surface area contributed by atoms with Gasteiger partial charge in [0.25, 0.3) is 0 Å². The van der Waals surface area contributed by atoms with Gasteiger partial charge in [-0.2, -0.15) is 4.72 Å². The van der Waals surface area contributed by atoms with Crippen molar-refractivity contribution in [2.45, 2.75) is 14.9 Å². The number of halogens is 3. The summed E-state index contributed by atoms with van der Waals surface area (Å²) in [6.07, 6.45) is -1.85. The van der Waals surface area contributed by atoms with Gasteiger partial charge in [0.05, 0.1) is 4.90 Å². The summed E-state index contributed by atoms with van der Waals surface area (Å²) in [6.45, 7) is 0. The van der Waals surface area contributed by atoms with Crippen molar-refractivity contribution in [3.8, 4) is 0 Å². The highest BCUT2D eigenvalue weighted by Crippen LogP contribution is 2.29. The molecule has 0 spiro atoms. The Balaban J connectivity index is 2.94. The molecule has 5 nitrogen and oxygen atoms in total. The second-order valence-electron chi connectivity index (χ2n) is 3.13. The zero-order valence-electron chi connectivity index (χ0n) is 8.27. The van der Waals surface area contributed by atoms with Gasteiger partial charge in [-0.15, -0.1) is 0 Å². The van der Waals surface area contributed by atoms with Crippen molar-refractivity contribution in [1.82, 2.24) is 4.72 Å². The molecule has 1 rings (SSSR count). The minimum Gasteiger partial charge on any atom is -0.399 e. The van der Waals surface area contributed by atoms with Gasteiger partial charge in [0, 0.05) is 5.69 Å². The Morgan fingerprint density at radius 1 is 1.24 bits per heavy atom. The number of aliphatic hydroxyl groups is 1. The summed E-state index contributed by atoms with van der Waals surface area (Å²) in [5.41, 5.74) is 5.82. The molecular formula is C8H9Cl3N2O3S. The summed E-state index contributed by atoms with van der Waals surface area (Å²) in [7, 11) is -3.97. The second kappa shape index (κ2) is 5.17. The highest BCUT2D eigenvalue weighted by atomic mass is 35.6. The lowest BCUT2D eigenvalue weighted by Gasteiger charge is -2.19. The third-order valence-electron chi connectivity index (χ3n) is 1.77. The molecule has 0 heterocycles. The van der Waals surface area contributed by atoms with Crippen LogP contribution in [0.15, 0.2) is 29.2 Å². The van der Waals surface area contributed by atoms with E-state index in [4.69, 9.17) is 40.5 Å². The Hall–Kier alpha value is -0.240. The predicted molar refractivity (Wildman–Crippen MR) is 67.5 cm³/mol. The molecule has 1 aromatic carbocycles. The molecule has 17 heavy (non-hydrogen) atoms. The molecule has 0 bridgehead atoms. The molecule has 9 heteroatoms. The Bertz CT molecular complexity index is 484. The van der Waals surface area contributed by atoms with Crippen LogP contribution in [-0.4, -0.2) is 23.5 Å². The van der Waals surface area contributed by atoms with Crippen LogP contribution in [0.5, 0.6) is 0 Å². The van der Waals surface area contributed by atoms with E-state index >= 15 is 0 Å². The fourth-order valence-electron chi connectivity index (χ4n) is 0.929. The number of alkyl halides is 3. The molecule has 0 saturated heterocycles. The van der Waals surface area contributed by atoms with E-state index in [2.05, 4.69) is 0 Å². The minimum atomic E-state index is -3.97. The van der Waals surface area contributed by atoms with E-state index in [9.17, 15) is 13.5 Å². The molecule has 1 atom stereocenters. The Kier molecular flexibility index (Phi) is 4.51. The number of nitrogen functional groups attached to an aromatic ring is 1. The molecule has 0 fully saturated rings. The van der Waals surface area contributed by atoms with E-state index in [-0.39, 0.29) is 4.90 Å². The summed E-state index contributed by atoms with van der Waals surface area (Å²) in [5, 5.41) is 9.33. The van der Waals surface area contributed by atoms with Crippen molar-refractivity contribution in [1.29, 1.82) is 0 Å². The van der Waals surface area contributed by atoms with Crippen molar-refractivity contribution in [2.24, 2.45) is 0 Å². The number of hydrogen-bond acceptors (Lipinski definition) is 4. The zero-order chi connectivity index (χ0) is 13.3. The quantitative estimate of drug-likeness (QED) is 0.444.